The van der Waals surface area contributed by atoms with Crippen LogP contribution in [0.3, 0.4) is 0 Å². The third-order valence-corrected chi connectivity index (χ3v) is 2.53. The van der Waals surface area contributed by atoms with Gasteiger partial charge in [0.25, 0.3) is 0 Å². The Hall–Kier alpha value is -0.0800. The van der Waals surface area contributed by atoms with Crippen molar-refractivity contribution in [2.75, 3.05) is 7.05 Å². The minimum Gasteiger partial charge on any atom is -0.390 e. The van der Waals surface area contributed by atoms with Gasteiger partial charge in [-0.05, 0) is 26.3 Å². The summed E-state index contributed by atoms with van der Waals surface area (Å²) in [6.07, 6.45) is 2.95. The van der Waals surface area contributed by atoms with Gasteiger partial charge in [-0.15, -0.1) is 0 Å². The van der Waals surface area contributed by atoms with Crippen molar-refractivity contribution in [3.05, 3.63) is 0 Å². The highest BCUT2D eigenvalue weighted by Gasteiger charge is 2.66. The fourth-order valence-corrected chi connectivity index (χ4v) is 2.00. The summed E-state index contributed by atoms with van der Waals surface area (Å²) in [6, 6.07) is 0. The SMILES string of the molecule is CNC12CC(O)(C1)C2. The summed E-state index contributed by atoms with van der Waals surface area (Å²) in [5.41, 5.74) is 0.137. The molecule has 3 saturated carbocycles. The zero-order valence-electron chi connectivity index (χ0n) is 5.07. The van der Waals surface area contributed by atoms with E-state index in [-0.39, 0.29) is 5.60 Å². The molecule has 2 nitrogen and oxygen atoms in total. The Bertz CT molecular complexity index is 113. The molecule has 3 fully saturated rings. The summed E-state index contributed by atoms with van der Waals surface area (Å²) in [6.45, 7) is 0. The molecule has 3 aliphatic carbocycles. The minimum absolute atomic E-state index is 0.233. The smallest absolute Gasteiger partial charge is 0.0700 e. The van der Waals surface area contributed by atoms with E-state index in [4.69, 9.17) is 0 Å². The van der Waals surface area contributed by atoms with Crippen LogP contribution in [0.15, 0.2) is 0 Å². The maximum Gasteiger partial charge on any atom is 0.0700 e. The average Bonchev–Trinajstić information content (AvgIpc) is 1.55. The molecular weight excluding hydrogens is 102 g/mol. The lowest BCUT2D eigenvalue weighted by molar-refractivity contribution is -0.218. The third kappa shape index (κ3) is 0.327. The Labute approximate surface area is 48.9 Å². The molecule has 0 aromatic rings. The summed E-state index contributed by atoms with van der Waals surface area (Å²) < 4.78 is 0. The minimum atomic E-state index is -0.233. The quantitative estimate of drug-likeness (QED) is 0.496. The molecule has 0 unspecified atom stereocenters. The van der Waals surface area contributed by atoms with E-state index < -0.39 is 0 Å². The van der Waals surface area contributed by atoms with Gasteiger partial charge < -0.3 is 10.4 Å². The molecule has 2 N–H and O–H groups in total. The Morgan fingerprint density at radius 1 is 1.38 bits per heavy atom. The van der Waals surface area contributed by atoms with Gasteiger partial charge in [0.05, 0.1) is 5.60 Å². The van der Waals surface area contributed by atoms with Gasteiger partial charge in [-0.25, -0.2) is 0 Å². The van der Waals surface area contributed by atoms with Crippen molar-refractivity contribution < 1.29 is 5.11 Å². The second kappa shape index (κ2) is 0.957. The highest BCUT2D eigenvalue weighted by atomic mass is 16.3. The van der Waals surface area contributed by atoms with Crippen LogP contribution in [0.5, 0.6) is 0 Å². The first-order chi connectivity index (χ1) is 3.68. The van der Waals surface area contributed by atoms with E-state index in [0.717, 1.165) is 19.3 Å². The maximum absolute atomic E-state index is 9.24. The molecule has 0 heterocycles. The van der Waals surface area contributed by atoms with Gasteiger partial charge in [-0.1, -0.05) is 0 Å². The van der Waals surface area contributed by atoms with Gasteiger partial charge >= 0.3 is 0 Å². The van der Waals surface area contributed by atoms with Crippen molar-refractivity contribution in [1.29, 1.82) is 0 Å². The van der Waals surface area contributed by atoms with E-state index in [1.54, 1.807) is 0 Å². The van der Waals surface area contributed by atoms with E-state index in [9.17, 15) is 5.11 Å². The van der Waals surface area contributed by atoms with Gasteiger partial charge in [0.15, 0.2) is 0 Å². The molecule has 46 valence electrons. The van der Waals surface area contributed by atoms with Gasteiger partial charge in [-0.3, -0.25) is 0 Å². The Morgan fingerprint density at radius 2 is 1.88 bits per heavy atom. The lowest BCUT2D eigenvalue weighted by Crippen LogP contribution is -2.77. The molecule has 8 heavy (non-hydrogen) atoms. The molecule has 0 amide bonds. The largest absolute Gasteiger partial charge is 0.390 e. The van der Waals surface area contributed by atoms with Gasteiger partial charge in [0.2, 0.25) is 0 Å². The van der Waals surface area contributed by atoms with Crippen molar-refractivity contribution >= 4 is 0 Å². The molecule has 0 aromatic heterocycles. The molecule has 0 atom stereocenters. The highest BCUT2D eigenvalue weighted by molar-refractivity contribution is 5.24. The molecule has 0 aliphatic heterocycles. The van der Waals surface area contributed by atoms with Crippen LogP contribution in [-0.2, 0) is 0 Å². The van der Waals surface area contributed by atoms with Crippen molar-refractivity contribution in [3.8, 4) is 0 Å². The molecule has 3 aliphatic rings. The summed E-state index contributed by atoms with van der Waals surface area (Å²) in [4.78, 5) is 0. The third-order valence-electron chi connectivity index (χ3n) is 2.53. The molecule has 0 aromatic carbocycles. The van der Waals surface area contributed by atoms with Crippen molar-refractivity contribution in [2.45, 2.75) is 30.4 Å². The van der Waals surface area contributed by atoms with Crippen LogP contribution in [0.25, 0.3) is 0 Å². The van der Waals surface area contributed by atoms with Crippen LogP contribution in [0.2, 0.25) is 0 Å². The molecule has 3 rings (SSSR count). The van der Waals surface area contributed by atoms with E-state index >= 15 is 0 Å². The second-order valence-electron chi connectivity index (χ2n) is 3.29. The Morgan fingerprint density at radius 3 is 2.00 bits per heavy atom. The lowest BCUT2D eigenvalue weighted by Gasteiger charge is -2.67. The number of nitrogens with one attached hydrogen (secondary N) is 1. The van der Waals surface area contributed by atoms with Crippen LogP contribution in [0, 0.1) is 0 Å². The van der Waals surface area contributed by atoms with Crippen LogP contribution in [-0.4, -0.2) is 23.3 Å². The zero-order valence-corrected chi connectivity index (χ0v) is 5.07. The van der Waals surface area contributed by atoms with E-state index in [1.807, 2.05) is 7.05 Å². The zero-order chi connectivity index (χ0) is 5.83. The summed E-state index contributed by atoms with van der Waals surface area (Å²) in [5.74, 6) is 0. The van der Waals surface area contributed by atoms with Crippen molar-refractivity contribution in [3.63, 3.8) is 0 Å². The van der Waals surface area contributed by atoms with Gasteiger partial charge in [-0.2, -0.15) is 0 Å². The molecule has 0 radical (unpaired) electrons. The molecule has 2 bridgehead atoms. The lowest BCUT2D eigenvalue weighted by atomic mass is 9.46. The van der Waals surface area contributed by atoms with Crippen LogP contribution < -0.4 is 5.32 Å². The molecular formula is C6H11NO. The van der Waals surface area contributed by atoms with Crippen LogP contribution >= 0.6 is 0 Å². The summed E-state index contributed by atoms with van der Waals surface area (Å²) in [5, 5.41) is 12.4. The number of hydrogen-bond acceptors (Lipinski definition) is 2. The van der Waals surface area contributed by atoms with Crippen molar-refractivity contribution in [1.82, 2.24) is 5.32 Å². The van der Waals surface area contributed by atoms with Crippen LogP contribution in [0.1, 0.15) is 19.3 Å². The number of hydrogen-bond donors (Lipinski definition) is 2. The van der Waals surface area contributed by atoms with Gasteiger partial charge in [0, 0.05) is 5.54 Å². The van der Waals surface area contributed by atoms with E-state index in [1.165, 1.54) is 0 Å². The predicted octanol–water partition coefficient (Wildman–Crippen LogP) is -0.127. The fraction of sp³-hybridized carbons (Fsp3) is 1.00. The first kappa shape index (κ1) is 4.77. The van der Waals surface area contributed by atoms with Gasteiger partial charge in [0.1, 0.15) is 0 Å². The van der Waals surface area contributed by atoms with Crippen molar-refractivity contribution in [2.24, 2.45) is 0 Å². The number of aliphatic hydroxyl groups is 1. The normalized spacial score (nSPS) is 59.2. The topological polar surface area (TPSA) is 32.3 Å². The predicted molar refractivity (Wildman–Crippen MR) is 30.6 cm³/mol. The number of rotatable bonds is 1. The monoisotopic (exact) mass is 113 g/mol. The summed E-state index contributed by atoms with van der Waals surface area (Å²) in [7, 11) is 1.97. The van der Waals surface area contributed by atoms with Crippen LogP contribution in [0.4, 0.5) is 0 Å². The van der Waals surface area contributed by atoms with E-state index in [0.29, 0.717) is 5.54 Å². The van der Waals surface area contributed by atoms with E-state index in [2.05, 4.69) is 5.32 Å². The highest BCUT2D eigenvalue weighted by Crippen LogP contribution is 2.59. The molecule has 0 spiro atoms. The Kier molecular flexibility index (Phi) is 0.570. The average molecular weight is 113 g/mol. The second-order valence-corrected chi connectivity index (χ2v) is 3.29. The summed E-state index contributed by atoms with van der Waals surface area (Å²) >= 11 is 0. The molecule has 0 saturated heterocycles. The standard InChI is InChI=1S/C6H11NO/c1-7-5-2-6(8,3-5)4-5/h7-8H,2-4H2,1H3. The first-order valence-corrected chi connectivity index (χ1v) is 3.09. The fourth-order valence-electron chi connectivity index (χ4n) is 2.00. The Balaban J connectivity index is 2.04. The maximum atomic E-state index is 9.24. The molecule has 2 heteroatoms. The first-order valence-electron chi connectivity index (χ1n) is 3.09.